The molecule has 10 heavy (non-hydrogen) atoms. The van der Waals surface area contributed by atoms with Gasteiger partial charge in [-0.05, 0) is 6.08 Å². The molecule has 2 unspecified atom stereocenters. The molecule has 0 bridgehead atoms. The first-order valence-electron chi connectivity index (χ1n) is 3.01. The van der Waals surface area contributed by atoms with E-state index in [1.807, 2.05) is 0 Å². The summed E-state index contributed by atoms with van der Waals surface area (Å²) in [5, 5.41) is 7.09. The quantitative estimate of drug-likeness (QED) is 0.336. The van der Waals surface area contributed by atoms with Crippen molar-refractivity contribution in [1.82, 2.24) is 0 Å². The van der Waals surface area contributed by atoms with Gasteiger partial charge in [0, 0.05) is 6.21 Å². The van der Waals surface area contributed by atoms with Gasteiger partial charge in [0.1, 0.15) is 12.0 Å². The van der Waals surface area contributed by atoms with Gasteiger partial charge in [-0.1, -0.05) is 6.08 Å². The van der Waals surface area contributed by atoms with Gasteiger partial charge in [-0.2, -0.15) is 0 Å². The summed E-state index contributed by atoms with van der Waals surface area (Å²) >= 11 is 0. The van der Waals surface area contributed by atoms with Crippen molar-refractivity contribution in [3.05, 3.63) is 12.2 Å². The van der Waals surface area contributed by atoms with Gasteiger partial charge in [-0.3, -0.25) is 10.4 Å². The molecule has 0 spiro atoms. The van der Waals surface area contributed by atoms with Crippen molar-refractivity contribution < 1.29 is 0 Å². The number of nitrogens with zero attached hydrogens (tertiary/aromatic N) is 1. The van der Waals surface area contributed by atoms with Gasteiger partial charge >= 0.3 is 0 Å². The van der Waals surface area contributed by atoms with Crippen molar-refractivity contribution in [2.75, 3.05) is 0 Å². The second-order valence-corrected chi connectivity index (χ2v) is 2.15. The Morgan fingerprint density at radius 2 is 2.30 bits per heavy atom. The summed E-state index contributed by atoms with van der Waals surface area (Å²) < 4.78 is 0. The molecular weight excluding hydrogens is 128 g/mol. The molecule has 0 saturated heterocycles. The second kappa shape index (κ2) is 2.62. The Hall–Kier alpha value is -1.16. The summed E-state index contributed by atoms with van der Waals surface area (Å²) in [4.78, 5) is 3.88. The lowest BCUT2D eigenvalue weighted by Crippen LogP contribution is -2.37. The molecule has 5 N–H and O–H groups in total. The zero-order valence-electron chi connectivity index (χ0n) is 5.49. The van der Waals surface area contributed by atoms with Gasteiger partial charge in [0.2, 0.25) is 0 Å². The third-order valence-corrected chi connectivity index (χ3v) is 1.39. The molecule has 4 nitrogen and oxygen atoms in total. The number of rotatable bonds is 1. The first-order chi connectivity index (χ1) is 4.72. The molecule has 1 aliphatic heterocycles. The first-order valence-corrected chi connectivity index (χ1v) is 3.01. The van der Waals surface area contributed by atoms with Gasteiger partial charge in [0.05, 0.1) is 5.92 Å². The highest BCUT2D eigenvalue weighted by Gasteiger charge is 2.17. The van der Waals surface area contributed by atoms with Crippen LogP contribution in [0.5, 0.6) is 0 Å². The molecule has 0 aromatic carbocycles. The molecule has 4 heteroatoms. The van der Waals surface area contributed by atoms with E-state index in [1.54, 1.807) is 18.4 Å². The van der Waals surface area contributed by atoms with Crippen LogP contribution in [0.25, 0.3) is 0 Å². The minimum Gasteiger partial charge on any atom is -0.387 e. The van der Waals surface area contributed by atoms with Crippen molar-refractivity contribution in [1.29, 1.82) is 5.41 Å². The van der Waals surface area contributed by atoms with E-state index in [9.17, 15) is 0 Å². The Balaban J connectivity index is 2.70. The molecule has 0 aromatic heterocycles. The number of aliphatic imine (C=N–C) groups is 1. The van der Waals surface area contributed by atoms with Crippen LogP contribution in [0.15, 0.2) is 17.1 Å². The number of dihydropyridines is 1. The molecule has 0 saturated carbocycles. The maximum atomic E-state index is 7.09. The number of hydrogen-bond donors (Lipinski definition) is 3. The summed E-state index contributed by atoms with van der Waals surface area (Å²) in [6, 6.07) is 0. The second-order valence-electron chi connectivity index (χ2n) is 2.15. The highest BCUT2D eigenvalue weighted by Crippen LogP contribution is 2.07. The third kappa shape index (κ3) is 1.22. The van der Waals surface area contributed by atoms with Gasteiger partial charge < -0.3 is 11.5 Å². The van der Waals surface area contributed by atoms with Crippen molar-refractivity contribution in [3.8, 4) is 0 Å². The summed E-state index contributed by atoms with van der Waals surface area (Å²) in [6.45, 7) is 0. The molecule has 0 aliphatic carbocycles. The minimum atomic E-state index is -0.373. The van der Waals surface area contributed by atoms with E-state index in [2.05, 4.69) is 4.99 Å². The zero-order chi connectivity index (χ0) is 7.56. The molecule has 1 aliphatic rings. The summed E-state index contributed by atoms with van der Waals surface area (Å²) in [6.07, 6.45) is 4.77. The number of amidine groups is 1. The largest absolute Gasteiger partial charge is 0.387 e. The molecule has 0 fully saturated rings. The van der Waals surface area contributed by atoms with Crippen LogP contribution in [0.2, 0.25) is 0 Å². The van der Waals surface area contributed by atoms with Gasteiger partial charge in [0.15, 0.2) is 0 Å². The maximum Gasteiger partial charge on any atom is 0.110 e. The average Bonchev–Trinajstić information content (AvgIpc) is 1.88. The standard InChI is InChI=1S/C6H10N4/c7-5(8)4-2-1-3-10-6(4)9/h1-4,6H,9H2,(H3,7,8). The smallest absolute Gasteiger partial charge is 0.110 e. The first kappa shape index (κ1) is 6.95. The number of hydrogen-bond acceptors (Lipinski definition) is 3. The highest BCUT2D eigenvalue weighted by atomic mass is 15.0. The lowest BCUT2D eigenvalue weighted by molar-refractivity contribution is 0.627. The topological polar surface area (TPSA) is 88.2 Å². The molecule has 54 valence electrons. The van der Waals surface area contributed by atoms with Gasteiger partial charge in [-0.25, -0.2) is 0 Å². The Labute approximate surface area is 59.1 Å². The fourth-order valence-electron chi connectivity index (χ4n) is 0.813. The number of allylic oxidation sites excluding steroid dienone is 1. The Kier molecular flexibility index (Phi) is 1.82. The van der Waals surface area contributed by atoms with Crippen LogP contribution in [0.4, 0.5) is 0 Å². The molecule has 1 heterocycles. The zero-order valence-corrected chi connectivity index (χ0v) is 5.49. The average molecular weight is 138 g/mol. The van der Waals surface area contributed by atoms with E-state index in [0.29, 0.717) is 0 Å². The third-order valence-electron chi connectivity index (χ3n) is 1.39. The van der Waals surface area contributed by atoms with Crippen LogP contribution < -0.4 is 11.5 Å². The molecule has 2 atom stereocenters. The van der Waals surface area contributed by atoms with E-state index in [1.165, 1.54) is 0 Å². The summed E-state index contributed by atoms with van der Waals surface area (Å²) in [5.74, 6) is -0.148. The van der Waals surface area contributed by atoms with Gasteiger partial charge in [-0.15, -0.1) is 0 Å². The fraction of sp³-hybridized carbons (Fsp3) is 0.333. The van der Waals surface area contributed by atoms with E-state index in [-0.39, 0.29) is 17.9 Å². The Bertz CT molecular complexity index is 194. The van der Waals surface area contributed by atoms with E-state index in [0.717, 1.165) is 0 Å². The maximum absolute atomic E-state index is 7.09. The van der Waals surface area contributed by atoms with Crippen molar-refractivity contribution in [2.24, 2.45) is 22.4 Å². The number of nitrogens with two attached hydrogens (primary N) is 2. The van der Waals surface area contributed by atoms with E-state index in [4.69, 9.17) is 16.9 Å². The monoisotopic (exact) mass is 138 g/mol. The normalized spacial score (nSPS) is 30.5. The SMILES string of the molecule is N=C(N)C1C=CC=NC1N. The number of nitrogens with one attached hydrogen (secondary N) is 1. The predicted molar refractivity (Wildman–Crippen MR) is 41.0 cm³/mol. The lowest BCUT2D eigenvalue weighted by Gasteiger charge is -2.17. The van der Waals surface area contributed by atoms with Crippen molar-refractivity contribution in [3.63, 3.8) is 0 Å². The Morgan fingerprint density at radius 3 is 2.70 bits per heavy atom. The van der Waals surface area contributed by atoms with Crippen LogP contribution >= 0.6 is 0 Å². The molecule has 1 rings (SSSR count). The van der Waals surface area contributed by atoms with E-state index >= 15 is 0 Å². The van der Waals surface area contributed by atoms with Crippen LogP contribution in [0, 0.1) is 11.3 Å². The van der Waals surface area contributed by atoms with Crippen LogP contribution in [0.1, 0.15) is 0 Å². The summed E-state index contributed by atoms with van der Waals surface area (Å²) in [7, 11) is 0. The van der Waals surface area contributed by atoms with E-state index < -0.39 is 0 Å². The minimum absolute atomic E-state index is 0.0700. The molecule has 0 amide bonds. The predicted octanol–water partition coefficient (Wildman–Crippen LogP) is -0.536. The van der Waals surface area contributed by atoms with Crippen LogP contribution in [-0.4, -0.2) is 18.2 Å². The van der Waals surface area contributed by atoms with Crippen molar-refractivity contribution >= 4 is 12.1 Å². The Morgan fingerprint density at radius 1 is 1.60 bits per heavy atom. The van der Waals surface area contributed by atoms with Crippen LogP contribution in [-0.2, 0) is 0 Å². The fourth-order valence-corrected chi connectivity index (χ4v) is 0.813. The summed E-state index contributed by atoms with van der Waals surface area (Å²) in [5.41, 5.74) is 10.7. The molecule has 0 radical (unpaired) electrons. The highest BCUT2D eigenvalue weighted by molar-refractivity contribution is 5.85. The molecule has 0 aromatic rings. The van der Waals surface area contributed by atoms with Gasteiger partial charge in [0.25, 0.3) is 0 Å². The van der Waals surface area contributed by atoms with Crippen molar-refractivity contribution in [2.45, 2.75) is 6.17 Å². The lowest BCUT2D eigenvalue weighted by atomic mass is 10.0. The van der Waals surface area contributed by atoms with Crippen LogP contribution in [0.3, 0.4) is 0 Å². The molecular formula is C6H10N4.